The topological polar surface area (TPSA) is 17.1 Å². The fourth-order valence-electron chi connectivity index (χ4n) is 2.58. The van der Waals surface area contributed by atoms with Crippen LogP contribution in [0.4, 0.5) is 4.39 Å². The first-order chi connectivity index (χ1) is 8.75. The highest BCUT2D eigenvalue weighted by molar-refractivity contribution is 6.00. The molecule has 1 nitrogen and oxygen atoms in total. The number of hydrogen-bond acceptors (Lipinski definition) is 1. The lowest BCUT2D eigenvalue weighted by molar-refractivity contribution is 0.0972. The minimum Gasteiger partial charge on any atom is -0.294 e. The fourth-order valence-corrected chi connectivity index (χ4v) is 2.58. The van der Waals surface area contributed by atoms with Gasteiger partial charge in [0.1, 0.15) is 5.82 Å². The molecule has 0 saturated heterocycles. The molecule has 0 amide bonds. The molecule has 0 aromatic heterocycles. The van der Waals surface area contributed by atoms with Crippen molar-refractivity contribution in [1.82, 2.24) is 0 Å². The standard InChI is InChI=1S/C16H13FO/c17-12-9-7-11(8-10-12)13-3-1-5-15-14(13)4-2-6-16(15)18/h1,3,5,7-10H,2,4,6H2. The molecule has 0 N–H and O–H groups in total. The number of carbonyl (C=O) groups excluding carboxylic acids is 1. The molecular weight excluding hydrogens is 227 g/mol. The first-order valence-electron chi connectivity index (χ1n) is 6.17. The SMILES string of the molecule is O=C1CCCc2c1cccc2-c1ccc(F)cc1. The van der Waals surface area contributed by atoms with Crippen molar-refractivity contribution in [2.45, 2.75) is 19.3 Å². The van der Waals surface area contributed by atoms with Gasteiger partial charge in [-0.05, 0) is 41.7 Å². The molecule has 0 bridgehead atoms. The van der Waals surface area contributed by atoms with Gasteiger partial charge in [0.15, 0.2) is 5.78 Å². The average Bonchev–Trinajstić information content (AvgIpc) is 2.40. The molecule has 18 heavy (non-hydrogen) atoms. The molecule has 3 rings (SSSR count). The van der Waals surface area contributed by atoms with Crippen LogP contribution in [-0.4, -0.2) is 5.78 Å². The molecule has 0 saturated carbocycles. The molecule has 0 heterocycles. The number of Topliss-reactive ketones (excluding diaryl/α,β-unsaturated/α-hetero) is 1. The van der Waals surface area contributed by atoms with Gasteiger partial charge in [-0.2, -0.15) is 0 Å². The van der Waals surface area contributed by atoms with Gasteiger partial charge in [-0.3, -0.25) is 4.79 Å². The van der Waals surface area contributed by atoms with E-state index in [0.717, 1.165) is 35.1 Å². The third-order valence-electron chi connectivity index (χ3n) is 3.46. The largest absolute Gasteiger partial charge is 0.294 e. The number of carbonyl (C=O) groups is 1. The van der Waals surface area contributed by atoms with E-state index in [1.165, 1.54) is 12.1 Å². The Hall–Kier alpha value is -1.96. The number of fused-ring (bicyclic) bond motifs is 1. The summed E-state index contributed by atoms with van der Waals surface area (Å²) < 4.78 is 12.9. The zero-order valence-corrected chi connectivity index (χ0v) is 9.95. The van der Waals surface area contributed by atoms with Crippen LogP contribution in [-0.2, 0) is 6.42 Å². The summed E-state index contributed by atoms with van der Waals surface area (Å²) in [5.74, 6) is -0.0140. The second-order valence-corrected chi connectivity index (χ2v) is 4.62. The number of rotatable bonds is 1. The Morgan fingerprint density at radius 3 is 2.39 bits per heavy atom. The molecular formula is C16H13FO. The quantitative estimate of drug-likeness (QED) is 0.736. The molecule has 0 radical (unpaired) electrons. The first kappa shape index (κ1) is 11.1. The zero-order chi connectivity index (χ0) is 12.5. The van der Waals surface area contributed by atoms with Crippen molar-refractivity contribution < 1.29 is 9.18 Å². The van der Waals surface area contributed by atoms with Crippen LogP contribution in [0.25, 0.3) is 11.1 Å². The summed E-state index contributed by atoms with van der Waals surface area (Å²) in [6, 6.07) is 12.3. The summed E-state index contributed by atoms with van der Waals surface area (Å²) in [5.41, 5.74) is 3.98. The van der Waals surface area contributed by atoms with Crippen LogP contribution in [0.5, 0.6) is 0 Å². The molecule has 1 aliphatic carbocycles. The minimum absolute atomic E-state index is 0.222. The van der Waals surface area contributed by atoms with Gasteiger partial charge in [-0.15, -0.1) is 0 Å². The Bertz CT molecular complexity index is 599. The predicted molar refractivity (Wildman–Crippen MR) is 69.1 cm³/mol. The van der Waals surface area contributed by atoms with Crippen molar-refractivity contribution in [1.29, 1.82) is 0 Å². The highest BCUT2D eigenvalue weighted by atomic mass is 19.1. The lowest BCUT2D eigenvalue weighted by atomic mass is 9.85. The first-order valence-corrected chi connectivity index (χ1v) is 6.17. The molecule has 0 atom stereocenters. The molecule has 2 aromatic carbocycles. The summed E-state index contributed by atoms with van der Waals surface area (Å²) in [6.07, 6.45) is 2.47. The highest BCUT2D eigenvalue weighted by Gasteiger charge is 2.19. The van der Waals surface area contributed by atoms with Crippen molar-refractivity contribution >= 4 is 5.78 Å². The Kier molecular flexibility index (Phi) is 2.71. The van der Waals surface area contributed by atoms with E-state index in [2.05, 4.69) is 0 Å². The smallest absolute Gasteiger partial charge is 0.163 e. The van der Waals surface area contributed by atoms with E-state index >= 15 is 0 Å². The summed E-state index contributed by atoms with van der Waals surface area (Å²) >= 11 is 0. The normalized spacial score (nSPS) is 14.4. The van der Waals surface area contributed by atoms with Gasteiger partial charge < -0.3 is 0 Å². The third-order valence-corrected chi connectivity index (χ3v) is 3.46. The van der Waals surface area contributed by atoms with Gasteiger partial charge in [-0.1, -0.05) is 30.3 Å². The highest BCUT2D eigenvalue weighted by Crippen LogP contribution is 2.31. The fraction of sp³-hybridized carbons (Fsp3) is 0.188. The van der Waals surface area contributed by atoms with Gasteiger partial charge in [0.25, 0.3) is 0 Å². The minimum atomic E-state index is -0.236. The summed E-state index contributed by atoms with van der Waals surface area (Å²) in [5, 5.41) is 0. The van der Waals surface area contributed by atoms with Crippen LogP contribution in [0.2, 0.25) is 0 Å². The molecule has 90 valence electrons. The average molecular weight is 240 g/mol. The Balaban J connectivity index is 2.15. The maximum absolute atomic E-state index is 12.9. The molecule has 0 aliphatic heterocycles. The van der Waals surface area contributed by atoms with Gasteiger partial charge in [-0.25, -0.2) is 4.39 Å². The van der Waals surface area contributed by atoms with Crippen LogP contribution >= 0.6 is 0 Å². The van der Waals surface area contributed by atoms with E-state index in [1.807, 2.05) is 18.2 Å². The van der Waals surface area contributed by atoms with Gasteiger partial charge in [0.2, 0.25) is 0 Å². The van der Waals surface area contributed by atoms with E-state index in [4.69, 9.17) is 0 Å². The maximum Gasteiger partial charge on any atom is 0.163 e. The number of ketones is 1. The Morgan fingerprint density at radius 1 is 0.889 bits per heavy atom. The molecule has 0 unspecified atom stereocenters. The van der Waals surface area contributed by atoms with Gasteiger partial charge >= 0.3 is 0 Å². The molecule has 2 heteroatoms. The number of hydrogen-bond donors (Lipinski definition) is 0. The van der Waals surface area contributed by atoms with Crippen LogP contribution < -0.4 is 0 Å². The van der Waals surface area contributed by atoms with Crippen molar-refractivity contribution in [2.24, 2.45) is 0 Å². The second kappa shape index (κ2) is 4.37. The maximum atomic E-state index is 12.9. The van der Waals surface area contributed by atoms with Crippen LogP contribution in [0.15, 0.2) is 42.5 Å². The molecule has 1 aliphatic rings. The van der Waals surface area contributed by atoms with Gasteiger partial charge in [0, 0.05) is 12.0 Å². The summed E-state index contributed by atoms with van der Waals surface area (Å²) in [4.78, 5) is 11.9. The lowest BCUT2D eigenvalue weighted by Crippen LogP contribution is -2.11. The third kappa shape index (κ3) is 1.84. The van der Waals surface area contributed by atoms with E-state index in [1.54, 1.807) is 12.1 Å². The van der Waals surface area contributed by atoms with Crippen LogP contribution in [0.1, 0.15) is 28.8 Å². The second-order valence-electron chi connectivity index (χ2n) is 4.62. The molecule has 0 fully saturated rings. The Morgan fingerprint density at radius 2 is 1.61 bits per heavy atom. The number of halogens is 1. The van der Waals surface area contributed by atoms with Crippen molar-refractivity contribution in [3.63, 3.8) is 0 Å². The molecule has 0 spiro atoms. The van der Waals surface area contributed by atoms with Crippen molar-refractivity contribution in [3.8, 4) is 11.1 Å². The zero-order valence-electron chi connectivity index (χ0n) is 9.95. The monoisotopic (exact) mass is 240 g/mol. The predicted octanol–water partition coefficient (Wildman–Crippen LogP) is 4.01. The summed E-state index contributed by atoms with van der Waals surface area (Å²) in [7, 11) is 0. The molecule has 2 aromatic rings. The summed E-state index contributed by atoms with van der Waals surface area (Å²) in [6.45, 7) is 0. The van der Waals surface area contributed by atoms with Crippen LogP contribution in [0, 0.1) is 5.82 Å². The van der Waals surface area contributed by atoms with E-state index in [0.29, 0.717) is 6.42 Å². The lowest BCUT2D eigenvalue weighted by Gasteiger charge is -2.18. The van der Waals surface area contributed by atoms with Gasteiger partial charge in [0.05, 0.1) is 0 Å². The van der Waals surface area contributed by atoms with E-state index < -0.39 is 0 Å². The Labute approximate surface area is 105 Å². The number of benzene rings is 2. The van der Waals surface area contributed by atoms with Crippen molar-refractivity contribution in [3.05, 3.63) is 59.4 Å². The van der Waals surface area contributed by atoms with E-state index in [9.17, 15) is 9.18 Å². The van der Waals surface area contributed by atoms with Crippen molar-refractivity contribution in [2.75, 3.05) is 0 Å². The van der Waals surface area contributed by atoms with E-state index in [-0.39, 0.29) is 11.6 Å². The van der Waals surface area contributed by atoms with Crippen LogP contribution in [0.3, 0.4) is 0 Å².